The lowest BCUT2D eigenvalue weighted by atomic mass is 9.96. The molecule has 4 rings (SSSR count). The maximum absolute atomic E-state index is 12.5. The first-order valence-electron chi connectivity index (χ1n) is 9.65. The Labute approximate surface area is 148 Å². The normalized spacial score (nSPS) is 22.5. The van der Waals surface area contributed by atoms with Gasteiger partial charge in [0, 0.05) is 24.8 Å². The zero-order valence-corrected chi connectivity index (χ0v) is 14.7. The van der Waals surface area contributed by atoms with Gasteiger partial charge in [-0.05, 0) is 50.8 Å². The molecule has 0 spiro atoms. The molecule has 1 saturated heterocycles. The van der Waals surface area contributed by atoms with Gasteiger partial charge in [-0.2, -0.15) is 0 Å². The fourth-order valence-corrected chi connectivity index (χ4v) is 4.53. The van der Waals surface area contributed by atoms with Crippen molar-refractivity contribution in [2.24, 2.45) is 0 Å². The van der Waals surface area contributed by atoms with Crippen LogP contribution in [0.3, 0.4) is 0 Å². The third kappa shape index (κ3) is 3.54. The highest BCUT2D eigenvalue weighted by molar-refractivity contribution is 5.99. The average molecular weight is 341 g/mol. The van der Waals surface area contributed by atoms with E-state index in [-0.39, 0.29) is 5.91 Å². The van der Waals surface area contributed by atoms with Crippen molar-refractivity contribution in [1.82, 2.24) is 24.8 Å². The van der Waals surface area contributed by atoms with E-state index in [4.69, 9.17) is 0 Å². The van der Waals surface area contributed by atoms with E-state index in [1.54, 1.807) is 10.7 Å². The SMILES string of the molecule is O=C(NCC[C@H]1CCCCN1C1CCCC1)c1cccn2cnnc12. The molecule has 1 aliphatic carbocycles. The van der Waals surface area contributed by atoms with E-state index < -0.39 is 0 Å². The number of rotatable bonds is 5. The minimum Gasteiger partial charge on any atom is -0.352 e. The van der Waals surface area contributed by atoms with Crippen molar-refractivity contribution in [3.63, 3.8) is 0 Å². The summed E-state index contributed by atoms with van der Waals surface area (Å²) in [5.41, 5.74) is 1.21. The molecule has 1 aliphatic heterocycles. The number of hydrogen-bond donors (Lipinski definition) is 1. The lowest BCUT2D eigenvalue weighted by Crippen LogP contribution is -2.46. The van der Waals surface area contributed by atoms with Crippen LogP contribution < -0.4 is 5.32 Å². The van der Waals surface area contributed by atoms with E-state index in [1.807, 2.05) is 18.3 Å². The summed E-state index contributed by atoms with van der Waals surface area (Å²) in [5, 5.41) is 11.0. The van der Waals surface area contributed by atoms with Gasteiger partial charge in [-0.15, -0.1) is 10.2 Å². The number of pyridine rings is 1. The van der Waals surface area contributed by atoms with Crippen LogP contribution in [0.4, 0.5) is 0 Å². The Bertz CT molecular complexity index is 721. The molecule has 1 saturated carbocycles. The molecule has 1 N–H and O–H groups in total. The van der Waals surface area contributed by atoms with Crippen molar-refractivity contribution in [2.75, 3.05) is 13.1 Å². The van der Waals surface area contributed by atoms with E-state index in [0.29, 0.717) is 17.3 Å². The quantitative estimate of drug-likeness (QED) is 0.908. The molecule has 0 radical (unpaired) electrons. The third-order valence-corrected chi connectivity index (χ3v) is 5.80. The standard InChI is InChI=1S/C19H27N5O/c25-19(17-9-5-12-23-14-21-22-18(17)23)20-11-10-16-8-3-4-13-24(16)15-6-1-2-7-15/h5,9,12,14-16H,1-4,6-8,10-11,13H2,(H,20,25)/t16-/m1/s1. The summed E-state index contributed by atoms with van der Waals surface area (Å²) in [7, 11) is 0. The second kappa shape index (κ2) is 7.52. The third-order valence-electron chi connectivity index (χ3n) is 5.80. The monoisotopic (exact) mass is 341 g/mol. The maximum atomic E-state index is 12.5. The molecule has 0 bridgehead atoms. The van der Waals surface area contributed by atoms with Gasteiger partial charge < -0.3 is 5.32 Å². The Morgan fingerprint density at radius 3 is 2.92 bits per heavy atom. The number of likely N-dealkylation sites (tertiary alicyclic amines) is 1. The van der Waals surface area contributed by atoms with E-state index >= 15 is 0 Å². The van der Waals surface area contributed by atoms with Gasteiger partial charge in [-0.1, -0.05) is 19.3 Å². The predicted octanol–water partition coefficient (Wildman–Crippen LogP) is 2.65. The number of amides is 1. The minimum atomic E-state index is -0.0539. The maximum Gasteiger partial charge on any atom is 0.255 e. The van der Waals surface area contributed by atoms with Gasteiger partial charge in [-0.3, -0.25) is 14.1 Å². The predicted molar refractivity (Wildman–Crippen MR) is 96.5 cm³/mol. The zero-order valence-electron chi connectivity index (χ0n) is 14.7. The van der Waals surface area contributed by atoms with Gasteiger partial charge in [0.15, 0.2) is 5.65 Å². The molecular weight excluding hydrogens is 314 g/mol. The summed E-state index contributed by atoms with van der Waals surface area (Å²) in [6.45, 7) is 1.96. The van der Waals surface area contributed by atoms with Crippen LogP contribution in [-0.4, -0.2) is 50.6 Å². The minimum absolute atomic E-state index is 0.0539. The first kappa shape index (κ1) is 16.5. The topological polar surface area (TPSA) is 62.5 Å². The molecule has 1 amide bonds. The molecule has 25 heavy (non-hydrogen) atoms. The van der Waals surface area contributed by atoms with Crippen LogP contribution in [0.5, 0.6) is 0 Å². The summed E-state index contributed by atoms with van der Waals surface area (Å²) in [5.74, 6) is -0.0539. The number of fused-ring (bicyclic) bond motifs is 1. The molecule has 3 heterocycles. The highest BCUT2D eigenvalue weighted by atomic mass is 16.1. The lowest BCUT2D eigenvalue weighted by Gasteiger charge is -2.40. The van der Waals surface area contributed by atoms with Crippen LogP contribution in [-0.2, 0) is 0 Å². The Morgan fingerprint density at radius 1 is 1.20 bits per heavy atom. The largest absolute Gasteiger partial charge is 0.352 e. The Balaban J connectivity index is 1.34. The second-order valence-corrected chi connectivity index (χ2v) is 7.35. The van der Waals surface area contributed by atoms with E-state index in [2.05, 4.69) is 20.4 Å². The number of nitrogens with one attached hydrogen (secondary N) is 1. The van der Waals surface area contributed by atoms with Crippen molar-refractivity contribution in [3.8, 4) is 0 Å². The molecule has 1 atom stereocenters. The van der Waals surface area contributed by atoms with E-state index in [0.717, 1.165) is 19.0 Å². The summed E-state index contributed by atoms with van der Waals surface area (Å²) in [4.78, 5) is 15.3. The van der Waals surface area contributed by atoms with Gasteiger partial charge in [0.05, 0.1) is 5.56 Å². The van der Waals surface area contributed by atoms with E-state index in [9.17, 15) is 4.79 Å². The number of nitrogens with zero attached hydrogens (tertiary/aromatic N) is 4. The second-order valence-electron chi connectivity index (χ2n) is 7.35. The molecule has 2 aromatic rings. The van der Waals surface area contributed by atoms with Crippen molar-refractivity contribution in [1.29, 1.82) is 0 Å². The van der Waals surface area contributed by atoms with Crippen molar-refractivity contribution in [3.05, 3.63) is 30.2 Å². The molecular formula is C19H27N5O. The number of carbonyl (C=O) groups is 1. The van der Waals surface area contributed by atoms with Crippen LogP contribution in [0.1, 0.15) is 61.7 Å². The van der Waals surface area contributed by atoms with Gasteiger partial charge in [0.2, 0.25) is 0 Å². The number of carbonyl (C=O) groups excluding carboxylic acids is 1. The molecule has 2 aromatic heterocycles. The number of hydrogen-bond acceptors (Lipinski definition) is 4. The highest BCUT2D eigenvalue weighted by Gasteiger charge is 2.30. The van der Waals surface area contributed by atoms with Gasteiger partial charge in [0.1, 0.15) is 6.33 Å². The Morgan fingerprint density at radius 2 is 2.04 bits per heavy atom. The molecule has 134 valence electrons. The van der Waals surface area contributed by atoms with Crippen LogP contribution in [0.2, 0.25) is 0 Å². The molecule has 6 heteroatoms. The summed E-state index contributed by atoms with van der Waals surface area (Å²) >= 11 is 0. The van der Waals surface area contributed by atoms with Gasteiger partial charge >= 0.3 is 0 Å². The lowest BCUT2D eigenvalue weighted by molar-refractivity contribution is 0.0860. The molecule has 0 unspecified atom stereocenters. The van der Waals surface area contributed by atoms with Crippen LogP contribution in [0.25, 0.3) is 5.65 Å². The molecule has 2 aliphatic rings. The van der Waals surface area contributed by atoms with Crippen LogP contribution >= 0.6 is 0 Å². The van der Waals surface area contributed by atoms with Gasteiger partial charge in [-0.25, -0.2) is 0 Å². The highest BCUT2D eigenvalue weighted by Crippen LogP contribution is 2.30. The van der Waals surface area contributed by atoms with Crippen LogP contribution in [0, 0.1) is 0 Å². The smallest absolute Gasteiger partial charge is 0.255 e. The Hall–Kier alpha value is -1.95. The Kier molecular flexibility index (Phi) is 4.97. The summed E-state index contributed by atoms with van der Waals surface area (Å²) < 4.78 is 1.78. The first-order chi connectivity index (χ1) is 12.3. The van der Waals surface area contributed by atoms with Crippen molar-refractivity contribution in [2.45, 2.75) is 63.5 Å². The number of aromatic nitrogens is 3. The zero-order chi connectivity index (χ0) is 17.1. The number of piperidine rings is 1. The average Bonchev–Trinajstić information content (AvgIpc) is 3.33. The summed E-state index contributed by atoms with van der Waals surface area (Å²) in [6, 6.07) is 5.07. The molecule has 2 fully saturated rings. The molecule has 0 aromatic carbocycles. The fourth-order valence-electron chi connectivity index (χ4n) is 4.53. The first-order valence-corrected chi connectivity index (χ1v) is 9.65. The van der Waals surface area contributed by atoms with Crippen molar-refractivity contribution >= 4 is 11.6 Å². The van der Waals surface area contributed by atoms with Crippen molar-refractivity contribution < 1.29 is 4.79 Å². The van der Waals surface area contributed by atoms with Crippen LogP contribution in [0.15, 0.2) is 24.7 Å². The fraction of sp³-hybridized carbons (Fsp3) is 0.632. The van der Waals surface area contributed by atoms with E-state index in [1.165, 1.54) is 51.5 Å². The summed E-state index contributed by atoms with van der Waals surface area (Å²) in [6.07, 6.45) is 13.9. The van der Waals surface area contributed by atoms with Gasteiger partial charge in [0.25, 0.3) is 5.91 Å². The molecule has 6 nitrogen and oxygen atoms in total.